The first-order valence-corrected chi connectivity index (χ1v) is 7.08. The van der Waals surface area contributed by atoms with Crippen LogP contribution in [-0.2, 0) is 16.9 Å². The molecule has 0 radical (unpaired) electrons. The summed E-state index contributed by atoms with van der Waals surface area (Å²) in [7, 11) is 1.68. The SMILES string of the molecule is COCc1nc(-c2cccc(C)c2)sc1C(C)(C)N. The van der Waals surface area contributed by atoms with E-state index in [2.05, 4.69) is 31.2 Å². The molecule has 2 N–H and O–H groups in total. The molecule has 1 aromatic heterocycles. The number of rotatable bonds is 4. The predicted octanol–water partition coefficient (Wildman–Crippen LogP) is 3.46. The normalized spacial score (nSPS) is 11.8. The monoisotopic (exact) mass is 276 g/mol. The van der Waals surface area contributed by atoms with Gasteiger partial charge in [-0.1, -0.05) is 23.8 Å². The van der Waals surface area contributed by atoms with Crippen LogP contribution in [0.2, 0.25) is 0 Å². The molecule has 0 aliphatic carbocycles. The molecule has 19 heavy (non-hydrogen) atoms. The molecule has 0 fully saturated rings. The summed E-state index contributed by atoms with van der Waals surface area (Å²) in [6, 6.07) is 8.36. The lowest BCUT2D eigenvalue weighted by molar-refractivity contribution is 0.180. The Hall–Kier alpha value is -1.23. The van der Waals surface area contributed by atoms with Crippen molar-refractivity contribution in [3.63, 3.8) is 0 Å². The van der Waals surface area contributed by atoms with Crippen molar-refractivity contribution >= 4 is 11.3 Å². The largest absolute Gasteiger partial charge is 0.378 e. The van der Waals surface area contributed by atoms with Gasteiger partial charge in [-0.3, -0.25) is 0 Å². The highest BCUT2D eigenvalue weighted by Gasteiger charge is 2.23. The van der Waals surface area contributed by atoms with Gasteiger partial charge in [0.2, 0.25) is 0 Å². The molecule has 0 bridgehead atoms. The van der Waals surface area contributed by atoms with Crippen LogP contribution in [0.25, 0.3) is 10.6 Å². The van der Waals surface area contributed by atoms with E-state index in [9.17, 15) is 0 Å². The lowest BCUT2D eigenvalue weighted by Gasteiger charge is -2.17. The van der Waals surface area contributed by atoms with Crippen molar-refractivity contribution in [3.05, 3.63) is 40.4 Å². The van der Waals surface area contributed by atoms with Gasteiger partial charge < -0.3 is 10.5 Å². The lowest BCUT2D eigenvalue weighted by atomic mass is 10.0. The highest BCUT2D eigenvalue weighted by atomic mass is 32.1. The number of hydrogen-bond donors (Lipinski definition) is 1. The maximum Gasteiger partial charge on any atom is 0.124 e. The second kappa shape index (κ2) is 5.41. The molecule has 2 aromatic rings. The van der Waals surface area contributed by atoms with E-state index in [4.69, 9.17) is 15.5 Å². The van der Waals surface area contributed by atoms with E-state index in [0.29, 0.717) is 6.61 Å². The molecule has 0 aliphatic heterocycles. The molecule has 1 heterocycles. The Kier molecular flexibility index (Phi) is 4.04. The molecule has 1 aromatic carbocycles. The van der Waals surface area contributed by atoms with Gasteiger partial charge in [0, 0.05) is 23.1 Å². The molecule has 0 aliphatic rings. The average Bonchev–Trinajstić information content (AvgIpc) is 2.73. The highest BCUT2D eigenvalue weighted by molar-refractivity contribution is 7.15. The van der Waals surface area contributed by atoms with Gasteiger partial charge >= 0.3 is 0 Å². The first-order valence-electron chi connectivity index (χ1n) is 6.27. The minimum Gasteiger partial charge on any atom is -0.378 e. The Bertz CT molecular complexity index is 570. The topological polar surface area (TPSA) is 48.1 Å². The Morgan fingerprint density at radius 3 is 2.68 bits per heavy atom. The molecule has 2 rings (SSSR count). The van der Waals surface area contributed by atoms with Crippen LogP contribution in [0.3, 0.4) is 0 Å². The fraction of sp³-hybridized carbons (Fsp3) is 0.400. The van der Waals surface area contributed by atoms with E-state index in [0.717, 1.165) is 21.1 Å². The first-order chi connectivity index (χ1) is 8.91. The lowest BCUT2D eigenvalue weighted by Crippen LogP contribution is -2.28. The molecule has 3 nitrogen and oxygen atoms in total. The fourth-order valence-corrected chi connectivity index (χ4v) is 3.07. The van der Waals surface area contributed by atoms with Gasteiger partial charge in [0.1, 0.15) is 5.01 Å². The van der Waals surface area contributed by atoms with Gasteiger partial charge in [-0.05, 0) is 26.8 Å². The molecule has 0 atom stereocenters. The van der Waals surface area contributed by atoms with Crippen LogP contribution in [0.4, 0.5) is 0 Å². The van der Waals surface area contributed by atoms with Gasteiger partial charge in [0.25, 0.3) is 0 Å². The first kappa shape index (κ1) is 14.2. The van der Waals surface area contributed by atoms with Crippen molar-refractivity contribution in [1.29, 1.82) is 0 Å². The quantitative estimate of drug-likeness (QED) is 0.930. The Morgan fingerprint density at radius 1 is 1.37 bits per heavy atom. The standard InChI is InChI=1S/C15H20N2OS/c1-10-6-5-7-11(8-10)14-17-12(9-18-4)13(19-14)15(2,3)16/h5-8H,9,16H2,1-4H3. The molecule has 0 saturated heterocycles. The fourth-order valence-electron chi connectivity index (χ4n) is 1.99. The summed E-state index contributed by atoms with van der Waals surface area (Å²) < 4.78 is 5.23. The molecule has 102 valence electrons. The van der Waals surface area contributed by atoms with Crippen LogP contribution in [0, 0.1) is 6.92 Å². The van der Waals surface area contributed by atoms with Gasteiger partial charge in [0.05, 0.1) is 12.3 Å². The summed E-state index contributed by atoms with van der Waals surface area (Å²) in [5, 5.41) is 1.00. The van der Waals surface area contributed by atoms with E-state index in [-0.39, 0.29) is 0 Å². The molecule has 0 spiro atoms. The van der Waals surface area contributed by atoms with Gasteiger partial charge in [-0.25, -0.2) is 4.98 Å². The molecular weight excluding hydrogens is 256 g/mol. The average molecular weight is 276 g/mol. The Balaban J connectivity index is 2.48. The van der Waals surface area contributed by atoms with Crippen LogP contribution in [0.15, 0.2) is 24.3 Å². The summed E-state index contributed by atoms with van der Waals surface area (Å²) in [6.07, 6.45) is 0. The van der Waals surface area contributed by atoms with E-state index >= 15 is 0 Å². The van der Waals surface area contributed by atoms with Gasteiger partial charge in [-0.2, -0.15) is 0 Å². The number of aromatic nitrogens is 1. The second-order valence-corrected chi connectivity index (χ2v) is 6.32. The Labute approximate surface area is 118 Å². The van der Waals surface area contributed by atoms with Crippen LogP contribution in [-0.4, -0.2) is 12.1 Å². The van der Waals surface area contributed by atoms with Gasteiger partial charge in [-0.15, -0.1) is 11.3 Å². The molecule has 0 saturated carbocycles. The van der Waals surface area contributed by atoms with Crippen molar-refractivity contribution in [1.82, 2.24) is 4.98 Å². The number of nitrogens with zero attached hydrogens (tertiary/aromatic N) is 1. The summed E-state index contributed by atoms with van der Waals surface area (Å²) in [4.78, 5) is 5.78. The number of ether oxygens (including phenoxy) is 1. The van der Waals surface area contributed by atoms with Crippen LogP contribution in [0.1, 0.15) is 30.0 Å². The molecule has 0 amide bonds. The van der Waals surface area contributed by atoms with E-state index in [1.165, 1.54) is 5.56 Å². The number of hydrogen-bond acceptors (Lipinski definition) is 4. The minimum absolute atomic E-state index is 0.395. The smallest absolute Gasteiger partial charge is 0.124 e. The maximum atomic E-state index is 6.22. The third-order valence-electron chi connectivity index (χ3n) is 2.83. The highest BCUT2D eigenvalue weighted by Crippen LogP contribution is 2.34. The molecule has 4 heteroatoms. The van der Waals surface area contributed by atoms with Crippen molar-refractivity contribution in [2.45, 2.75) is 32.9 Å². The van der Waals surface area contributed by atoms with E-state index < -0.39 is 5.54 Å². The van der Waals surface area contributed by atoms with Crippen molar-refractivity contribution in [3.8, 4) is 10.6 Å². The zero-order valence-corrected chi connectivity index (χ0v) is 12.7. The maximum absolute atomic E-state index is 6.22. The zero-order chi connectivity index (χ0) is 14.0. The molecular formula is C15H20N2OS. The van der Waals surface area contributed by atoms with Crippen LogP contribution < -0.4 is 5.73 Å². The summed E-state index contributed by atoms with van der Waals surface area (Å²) in [6.45, 7) is 6.58. The van der Waals surface area contributed by atoms with Crippen molar-refractivity contribution in [2.24, 2.45) is 5.73 Å². The number of methoxy groups -OCH3 is 1. The number of aryl methyl sites for hydroxylation is 1. The number of benzene rings is 1. The zero-order valence-electron chi connectivity index (χ0n) is 11.9. The summed E-state index contributed by atoms with van der Waals surface area (Å²) in [5.74, 6) is 0. The third kappa shape index (κ3) is 3.21. The predicted molar refractivity (Wildman–Crippen MR) is 80.2 cm³/mol. The van der Waals surface area contributed by atoms with E-state index in [1.807, 2.05) is 13.8 Å². The van der Waals surface area contributed by atoms with Crippen molar-refractivity contribution < 1.29 is 4.74 Å². The second-order valence-electron chi connectivity index (χ2n) is 5.32. The van der Waals surface area contributed by atoms with Crippen molar-refractivity contribution in [2.75, 3.05) is 7.11 Å². The van der Waals surface area contributed by atoms with Crippen LogP contribution in [0.5, 0.6) is 0 Å². The molecule has 0 unspecified atom stereocenters. The Morgan fingerprint density at radius 2 is 2.11 bits per heavy atom. The number of nitrogens with two attached hydrogens (primary N) is 1. The van der Waals surface area contributed by atoms with E-state index in [1.54, 1.807) is 18.4 Å². The summed E-state index contributed by atoms with van der Waals surface area (Å²) in [5.41, 5.74) is 9.14. The van der Waals surface area contributed by atoms with Crippen LogP contribution >= 0.6 is 11.3 Å². The summed E-state index contributed by atoms with van der Waals surface area (Å²) >= 11 is 1.65. The van der Waals surface area contributed by atoms with Gasteiger partial charge in [0.15, 0.2) is 0 Å². The third-order valence-corrected chi connectivity index (χ3v) is 4.31. The number of thiazole rings is 1. The minimum atomic E-state index is -0.395.